The van der Waals surface area contributed by atoms with Crippen molar-refractivity contribution < 1.29 is 22.0 Å². The lowest BCUT2D eigenvalue weighted by Crippen LogP contribution is -2.19. The number of alkyl halides is 1. The molecule has 0 bridgehead atoms. The Morgan fingerprint density at radius 3 is 2.79 bits per heavy atom. The monoisotopic (exact) mass is 462 g/mol. The van der Waals surface area contributed by atoms with E-state index < -0.39 is 45.5 Å². The zero-order chi connectivity index (χ0) is 21.2. The summed E-state index contributed by atoms with van der Waals surface area (Å²) in [4.78, 5) is 20.3. The first kappa shape index (κ1) is 21.1. The van der Waals surface area contributed by atoms with E-state index in [1.54, 1.807) is 0 Å². The molecule has 4 N–H and O–H groups in total. The minimum atomic E-state index is -3.98. The Hall–Kier alpha value is -2.64. The van der Waals surface area contributed by atoms with Crippen LogP contribution in [0.2, 0.25) is 5.02 Å². The zero-order valence-corrected chi connectivity index (χ0v) is 16.8. The number of anilines is 3. The van der Waals surface area contributed by atoms with E-state index in [2.05, 4.69) is 19.7 Å². The normalized spacial score (nSPS) is 11.6. The number of carbonyl (C=O) groups excluding carboxylic acids is 1. The molecule has 2 aromatic heterocycles. The van der Waals surface area contributed by atoms with Crippen molar-refractivity contribution in [3.63, 3.8) is 0 Å². The molecule has 2 heterocycles. The molecule has 14 heteroatoms. The van der Waals surface area contributed by atoms with Gasteiger partial charge >= 0.3 is 0 Å². The van der Waals surface area contributed by atoms with E-state index >= 15 is 0 Å². The van der Waals surface area contributed by atoms with Gasteiger partial charge in [0.25, 0.3) is 5.91 Å². The molecule has 154 valence electrons. The van der Waals surface area contributed by atoms with Crippen LogP contribution in [0.5, 0.6) is 0 Å². The van der Waals surface area contributed by atoms with Crippen molar-refractivity contribution in [2.45, 2.75) is 6.42 Å². The molecule has 0 saturated heterocycles. The number of hydrogen-bond donors (Lipinski definition) is 3. The van der Waals surface area contributed by atoms with Crippen molar-refractivity contribution in [1.29, 1.82) is 0 Å². The number of nitrogens with zero attached hydrogens (tertiary/aromatic N) is 3. The molecular formula is C15H13ClF2N6O3S2. The summed E-state index contributed by atoms with van der Waals surface area (Å²) in [5.74, 6) is -2.32. The molecule has 0 fully saturated rings. The van der Waals surface area contributed by atoms with Gasteiger partial charge in [0.1, 0.15) is 22.4 Å². The average molecular weight is 463 g/mol. The van der Waals surface area contributed by atoms with Crippen LogP contribution in [-0.4, -0.2) is 41.1 Å². The summed E-state index contributed by atoms with van der Waals surface area (Å²) in [5.41, 5.74) is 4.86. The second-order valence-corrected chi connectivity index (χ2v) is 8.69. The molecule has 0 radical (unpaired) electrons. The standard InChI is InChI=1S/C15H13ClF2N6O3S2/c16-7-2-3-8(24-29(26,27)5-1-4-17)9(18)10(7)22-15(25)12-11-13(28-23-12)14(19)21-6-20-11/h2-3,6,24H,1,4-5H2,(H,22,25)(H2,19,20,21). The van der Waals surface area contributed by atoms with E-state index in [4.69, 9.17) is 17.3 Å². The Balaban J connectivity index is 1.90. The van der Waals surface area contributed by atoms with Crippen molar-refractivity contribution in [2.24, 2.45) is 0 Å². The Labute approximate surface area is 172 Å². The molecule has 0 aliphatic heterocycles. The lowest BCUT2D eigenvalue weighted by atomic mass is 10.2. The number of amides is 1. The molecule has 1 aromatic carbocycles. The summed E-state index contributed by atoms with van der Waals surface area (Å²) in [6.07, 6.45) is 0.916. The number of rotatable bonds is 7. The number of aromatic nitrogens is 3. The van der Waals surface area contributed by atoms with E-state index in [1.807, 2.05) is 4.72 Å². The predicted octanol–water partition coefficient (Wildman–Crippen LogP) is 2.81. The highest BCUT2D eigenvalue weighted by Gasteiger charge is 2.22. The molecule has 0 aliphatic rings. The summed E-state index contributed by atoms with van der Waals surface area (Å²) < 4.78 is 57.2. The van der Waals surface area contributed by atoms with Crippen LogP contribution in [-0.2, 0) is 10.0 Å². The zero-order valence-electron chi connectivity index (χ0n) is 14.4. The van der Waals surface area contributed by atoms with Crippen molar-refractivity contribution in [2.75, 3.05) is 28.2 Å². The largest absolute Gasteiger partial charge is 0.382 e. The van der Waals surface area contributed by atoms with Gasteiger partial charge in [0, 0.05) is 0 Å². The highest BCUT2D eigenvalue weighted by molar-refractivity contribution is 7.92. The topological polar surface area (TPSA) is 140 Å². The quantitative estimate of drug-likeness (QED) is 0.490. The summed E-state index contributed by atoms with van der Waals surface area (Å²) >= 11 is 6.86. The number of sulfonamides is 1. The fourth-order valence-electron chi connectivity index (χ4n) is 2.31. The third-order valence-corrected chi connectivity index (χ3v) is 6.17. The maximum Gasteiger partial charge on any atom is 0.277 e. The van der Waals surface area contributed by atoms with Crippen LogP contribution in [0.4, 0.5) is 26.0 Å². The highest BCUT2D eigenvalue weighted by atomic mass is 35.5. The van der Waals surface area contributed by atoms with Gasteiger partial charge < -0.3 is 11.1 Å². The van der Waals surface area contributed by atoms with Gasteiger partial charge in [0.2, 0.25) is 10.0 Å². The number of halogens is 3. The van der Waals surface area contributed by atoms with E-state index in [1.165, 1.54) is 6.07 Å². The number of carbonyl (C=O) groups is 1. The molecule has 3 rings (SSSR count). The maximum atomic E-state index is 14.8. The molecule has 0 aliphatic carbocycles. The molecule has 0 spiro atoms. The van der Waals surface area contributed by atoms with Crippen LogP contribution < -0.4 is 15.8 Å². The Bertz CT molecular complexity index is 1190. The van der Waals surface area contributed by atoms with Crippen molar-refractivity contribution in [3.05, 3.63) is 35.0 Å². The lowest BCUT2D eigenvalue weighted by molar-refractivity contribution is 0.102. The first-order chi connectivity index (χ1) is 13.7. The molecular weight excluding hydrogens is 450 g/mol. The van der Waals surface area contributed by atoms with Crippen LogP contribution in [0.15, 0.2) is 18.5 Å². The summed E-state index contributed by atoms with van der Waals surface area (Å²) in [6.45, 7) is -0.832. The second-order valence-electron chi connectivity index (χ2n) is 5.67. The molecule has 0 unspecified atom stereocenters. The fourth-order valence-corrected chi connectivity index (χ4v) is 4.32. The second kappa shape index (κ2) is 8.39. The number of nitrogens with one attached hydrogen (secondary N) is 2. The maximum absolute atomic E-state index is 14.8. The SMILES string of the molecule is Nc1ncnc2c(C(=O)Nc3c(Cl)ccc(NS(=O)(=O)CCCF)c3F)nsc12. The summed E-state index contributed by atoms with van der Waals surface area (Å²) in [5, 5.41) is 2.09. The fraction of sp³-hybridized carbons (Fsp3) is 0.200. The third-order valence-electron chi connectivity index (χ3n) is 3.64. The molecule has 9 nitrogen and oxygen atoms in total. The van der Waals surface area contributed by atoms with Crippen LogP contribution in [0.1, 0.15) is 16.9 Å². The average Bonchev–Trinajstić information content (AvgIpc) is 3.11. The van der Waals surface area contributed by atoms with Crippen molar-refractivity contribution in [3.8, 4) is 0 Å². The molecule has 29 heavy (non-hydrogen) atoms. The van der Waals surface area contributed by atoms with Gasteiger partial charge in [0.05, 0.1) is 28.8 Å². The van der Waals surface area contributed by atoms with Gasteiger partial charge in [-0.3, -0.25) is 13.9 Å². The molecule has 3 aromatic rings. The van der Waals surface area contributed by atoms with E-state index in [0.717, 1.165) is 23.9 Å². The highest BCUT2D eigenvalue weighted by Crippen LogP contribution is 2.32. The lowest BCUT2D eigenvalue weighted by Gasteiger charge is -2.13. The van der Waals surface area contributed by atoms with Gasteiger partial charge in [-0.15, -0.1) is 0 Å². The minimum Gasteiger partial charge on any atom is -0.382 e. The molecule has 0 atom stereocenters. The van der Waals surface area contributed by atoms with Gasteiger partial charge in [-0.05, 0) is 30.1 Å². The Kier molecular flexibility index (Phi) is 6.10. The summed E-state index contributed by atoms with van der Waals surface area (Å²) in [7, 11) is -3.98. The van der Waals surface area contributed by atoms with Gasteiger partial charge in [-0.25, -0.2) is 22.8 Å². The number of benzene rings is 1. The minimum absolute atomic E-state index is 0.122. The van der Waals surface area contributed by atoms with E-state index in [9.17, 15) is 22.0 Å². The number of fused-ring (bicyclic) bond motifs is 1. The van der Waals surface area contributed by atoms with Crippen molar-refractivity contribution in [1.82, 2.24) is 14.3 Å². The van der Waals surface area contributed by atoms with Crippen LogP contribution in [0, 0.1) is 5.82 Å². The van der Waals surface area contributed by atoms with Gasteiger partial charge in [-0.2, -0.15) is 4.37 Å². The Morgan fingerprint density at radius 2 is 2.07 bits per heavy atom. The van der Waals surface area contributed by atoms with Crippen LogP contribution in [0.3, 0.4) is 0 Å². The first-order valence-electron chi connectivity index (χ1n) is 7.95. The number of hydrogen-bond acceptors (Lipinski definition) is 8. The molecule has 1 amide bonds. The number of nitrogens with two attached hydrogens (primary N) is 1. The van der Waals surface area contributed by atoms with Crippen molar-refractivity contribution >= 4 is 66.5 Å². The predicted molar refractivity (Wildman–Crippen MR) is 107 cm³/mol. The third kappa shape index (κ3) is 4.52. The van der Waals surface area contributed by atoms with Gasteiger partial charge in [0.15, 0.2) is 11.5 Å². The van der Waals surface area contributed by atoms with E-state index in [-0.39, 0.29) is 28.5 Å². The first-order valence-corrected chi connectivity index (χ1v) is 10.8. The van der Waals surface area contributed by atoms with E-state index in [0.29, 0.717) is 4.70 Å². The van der Waals surface area contributed by atoms with Gasteiger partial charge in [-0.1, -0.05) is 11.6 Å². The Morgan fingerprint density at radius 1 is 1.31 bits per heavy atom. The van der Waals surface area contributed by atoms with Crippen LogP contribution in [0.25, 0.3) is 10.2 Å². The summed E-state index contributed by atoms with van der Waals surface area (Å²) in [6, 6.07) is 2.29. The van der Waals surface area contributed by atoms with Crippen LogP contribution >= 0.6 is 23.1 Å². The molecule has 0 saturated carbocycles. The number of nitrogen functional groups attached to an aromatic ring is 1. The smallest absolute Gasteiger partial charge is 0.277 e.